The van der Waals surface area contributed by atoms with Gasteiger partial charge in [-0.25, -0.2) is 14.2 Å². The summed E-state index contributed by atoms with van der Waals surface area (Å²) in [5.74, 6) is 1.25. The van der Waals surface area contributed by atoms with Crippen molar-refractivity contribution in [2.75, 3.05) is 29.6 Å². The highest BCUT2D eigenvalue weighted by molar-refractivity contribution is 6.50. The Kier molecular flexibility index (Phi) is 11.8. The van der Waals surface area contributed by atoms with Gasteiger partial charge in [-0.1, -0.05) is 42.5 Å². The van der Waals surface area contributed by atoms with Crippen molar-refractivity contribution < 1.29 is 40.9 Å². The fourth-order valence-corrected chi connectivity index (χ4v) is 6.19. The molecule has 0 unspecified atom stereocenters. The minimum atomic E-state index is -6.00. The van der Waals surface area contributed by atoms with Crippen LogP contribution in [-0.2, 0) is 16.0 Å². The first kappa shape index (κ1) is 37.4. The van der Waals surface area contributed by atoms with Crippen LogP contribution in [0.5, 0.6) is 0 Å². The number of hydrogen-bond donors (Lipinski definition) is 0. The largest absolute Gasteiger partial charge is 0.673 e. The van der Waals surface area contributed by atoms with Crippen LogP contribution in [0.3, 0.4) is 0 Å². The Balaban J connectivity index is 0.000000979. The van der Waals surface area contributed by atoms with Gasteiger partial charge in [-0.15, -0.1) is 0 Å². The number of carbonyl (C=O) groups excluding carboxylic acids is 2. The van der Waals surface area contributed by atoms with Gasteiger partial charge in [0.05, 0.1) is 42.3 Å². The zero-order valence-corrected chi connectivity index (χ0v) is 29.3. The van der Waals surface area contributed by atoms with Gasteiger partial charge in [-0.05, 0) is 88.4 Å². The Morgan fingerprint density at radius 1 is 0.731 bits per heavy atom. The van der Waals surface area contributed by atoms with Crippen molar-refractivity contribution in [1.29, 1.82) is 0 Å². The number of esters is 2. The number of anilines is 3. The molecule has 52 heavy (non-hydrogen) atoms. The number of halogens is 4. The molecule has 0 amide bonds. The zero-order valence-electron chi connectivity index (χ0n) is 29.3. The Hall–Kier alpha value is -5.85. The summed E-state index contributed by atoms with van der Waals surface area (Å²) in [6.07, 6.45) is 6.29. The van der Waals surface area contributed by atoms with Crippen molar-refractivity contribution in [3.63, 3.8) is 0 Å². The van der Waals surface area contributed by atoms with E-state index in [0.717, 1.165) is 45.4 Å². The van der Waals surface area contributed by atoms with Gasteiger partial charge in [0, 0.05) is 24.4 Å². The fourth-order valence-electron chi connectivity index (χ4n) is 6.19. The molecular formula is C39H39BF4N4O4. The van der Waals surface area contributed by atoms with Crippen LogP contribution in [0.1, 0.15) is 54.2 Å². The quantitative estimate of drug-likeness (QED) is 0.0623. The average Bonchev–Trinajstić information content (AvgIpc) is 3.62. The third-order valence-corrected chi connectivity index (χ3v) is 8.20. The van der Waals surface area contributed by atoms with Crippen molar-refractivity contribution in [3.05, 3.63) is 132 Å². The highest BCUT2D eigenvalue weighted by atomic mass is 19.5. The number of carbonyl (C=O) groups is 2. The monoisotopic (exact) mass is 714 g/mol. The topological polar surface area (TPSA) is 67.9 Å². The van der Waals surface area contributed by atoms with E-state index in [0.29, 0.717) is 37.4 Å². The minimum Gasteiger partial charge on any atom is -0.462 e. The molecule has 8 nitrogen and oxygen atoms in total. The number of benzene rings is 4. The zero-order chi connectivity index (χ0) is 37.4. The Morgan fingerprint density at radius 3 is 1.85 bits per heavy atom. The van der Waals surface area contributed by atoms with Gasteiger partial charge in [0.15, 0.2) is 11.0 Å². The molecule has 0 aliphatic carbocycles. The SMILES string of the molecule is CCOC(=O)c1ccc2c(c1)N(CC)/C(=C\C=C\c1n(-c3ccccc3)c3ccc(C(=O)OCC)cc3[n+]1CC)N2c1ccccc1.F[B-](F)(F)F. The lowest BCUT2D eigenvalue weighted by atomic mass is 10.1. The molecule has 0 atom stereocenters. The van der Waals surface area contributed by atoms with E-state index >= 15 is 0 Å². The Labute approximate surface area is 299 Å². The summed E-state index contributed by atoms with van der Waals surface area (Å²) in [6.45, 7) is 9.86. The Morgan fingerprint density at radius 2 is 1.29 bits per heavy atom. The number of imidazole rings is 1. The first-order chi connectivity index (χ1) is 25.0. The van der Waals surface area contributed by atoms with E-state index in [-0.39, 0.29) is 11.9 Å². The van der Waals surface area contributed by atoms with Gasteiger partial charge in [-0.2, -0.15) is 4.57 Å². The van der Waals surface area contributed by atoms with Crippen molar-refractivity contribution in [2.24, 2.45) is 0 Å². The number of rotatable bonds is 10. The normalized spacial score (nSPS) is 13.3. The number of aromatic nitrogens is 2. The molecule has 1 aliphatic rings. The lowest BCUT2D eigenvalue weighted by Gasteiger charge is -2.24. The molecule has 6 rings (SSSR count). The first-order valence-corrected chi connectivity index (χ1v) is 17.0. The van der Waals surface area contributed by atoms with Crippen molar-refractivity contribution >= 4 is 53.4 Å². The van der Waals surface area contributed by atoms with Crippen LogP contribution in [0.4, 0.5) is 34.3 Å². The summed E-state index contributed by atoms with van der Waals surface area (Å²) in [6, 6.07) is 31.9. The molecule has 13 heteroatoms. The van der Waals surface area contributed by atoms with Gasteiger partial charge in [-0.3, -0.25) is 4.90 Å². The second-order valence-corrected chi connectivity index (χ2v) is 11.4. The maximum Gasteiger partial charge on any atom is 0.673 e. The predicted octanol–water partition coefficient (Wildman–Crippen LogP) is 9.12. The van der Waals surface area contributed by atoms with Crippen LogP contribution in [0.15, 0.2) is 115 Å². The molecule has 4 aromatic carbocycles. The van der Waals surface area contributed by atoms with E-state index in [1.807, 2.05) is 86.6 Å². The van der Waals surface area contributed by atoms with Crippen LogP contribution >= 0.6 is 0 Å². The second kappa shape index (κ2) is 16.5. The fraction of sp³-hybridized carbons (Fsp3) is 0.205. The lowest BCUT2D eigenvalue weighted by Crippen LogP contribution is -2.35. The van der Waals surface area contributed by atoms with Crippen LogP contribution in [0, 0.1) is 0 Å². The van der Waals surface area contributed by atoms with E-state index in [9.17, 15) is 26.9 Å². The van der Waals surface area contributed by atoms with Gasteiger partial charge in [0.2, 0.25) is 0 Å². The molecule has 0 saturated heterocycles. The van der Waals surface area contributed by atoms with E-state index < -0.39 is 7.25 Å². The van der Waals surface area contributed by atoms with Crippen molar-refractivity contribution in [2.45, 2.75) is 34.2 Å². The van der Waals surface area contributed by atoms with E-state index in [4.69, 9.17) is 9.47 Å². The third-order valence-electron chi connectivity index (χ3n) is 8.20. The number of nitrogens with zero attached hydrogens (tertiary/aromatic N) is 4. The average molecular weight is 715 g/mol. The number of allylic oxidation sites excluding steroid dienone is 2. The van der Waals surface area contributed by atoms with Gasteiger partial charge in [0.1, 0.15) is 11.5 Å². The first-order valence-electron chi connectivity index (χ1n) is 17.0. The molecule has 5 aromatic rings. The smallest absolute Gasteiger partial charge is 0.462 e. The highest BCUT2D eigenvalue weighted by Gasteiger charge is 2.32. The standard InChI is InChI=1S/C39H39N4O4.BF4/c1-5-40-34-26-28(38(44)46-7-3)22-24-32(34)42(30-16-11-9-12-17-30)36(40)20-15-21-37-41(6-2)35-27-29(39(45)47-8-4)23-25-33(35)43(37)31-18-13-10-14-19-31;2-1(3,4)5/h9-27H,5-8H2,1-4H3;/q+1;-1. The summed E-state index contributed by atoms with van der Waals surface area (Å²) in [5, 5.41) is 0. The number of hydrogen-bond acceptors (Lipinski definition) is 6. The van der Waals surface area contributed by atoms with Crippen LogP contribution in [0.25, 0.3) is 22.8 Å². The van der Waals surface area contributed by atoms with E-state index in [2.05, 4.69) is 75.3 Å². The molecule has 1 aromatic heterocycles. The molecule has 0 fully saturated rings. The van der Waals surface area contributed by atoms with E-state index in [1.165, 1.54) is 0 Å². The molecule has 270 valence electrons. The minimum absolute atomic E-state index is 0.321. The number of para-hydroxylation sites is 2. The maximum atomic E-state index is 12.7. The highest BCUT2D eigenvalue weighted by Crippen LogP contribution is 2.46. The molecular weight excluding hydrogens is 675 g/mol. The summed E-state index contributed by atoms with van der Waals surface area (Å²) < 4.78 is 54.0. The van der Waals surface area contributed by atoms with Crippen LogP contribution in [-0.4, -0.2) is 43.5 Å². The van der Waals surface area contributed by atoms with E-state index in [1.54, 1.807) is 0 Å². The maximum absolute atomic E-state index is 12.7. The van der Waals surface area contributed by atoms with Gasteiger partial charge < -0.3 is 31.6 Å². The molecule has 0 saturated carbocycles. The number of aryl methyl sites for hydroxylation is 1. The molecule has 0 spiro atoms. The number of fused-ring (bicyclic) bond motifs is 2. The third kappa shape index (κ3) is 8.20. The van der Waals surface area contributed by atoms with Crippen molar-refractivity contribution in [3.8, 4) is 5.69 Å². The van der Waals surface area contributed by atoms with Crippen LogP contribution < -0.4 is 14.4 Å². The van der Waals surface area contributed by atoms with Gasteiger partial charge in [0.25, 0.3) is 5.82 Å². The van der Waals surface area contributed by atoms with Crippen molar-refractivity contribution in [1.82, 2.24) is 4.57 Å². The summed E-state index contributed by atoms with van der Waals surface area (Å²) in [4.78, 5) is 29.8. The van der Waals surface area contributed by atoms with Gasteiger partial charge >= 0.3 is 19.2 Å². The second-order valence-electron chi connectivity index (χ2n) is 11.4. The molecule has 0 radical (unpaired) electrons. The summed E-state index contributed by atoms with van der Waals surface area (Å²) in [5.41, 5.74) is 6.92. The summed E-state index contributed by atoms with van der Waals surface area (Å²) in [7, 11) is -6.00. The molecule has 1 aliphatic heterocycles. The number of ether oxygens (including phenoxy) is 2. The van der Waals surface area contributed by atoms with Crippen LogP contribution in [0.2, 0.25) is 0 Å². The molecule has 0 bridgehead atoms. The summed E-state index contributed by atoms with van der Waals surface area (Å²) >= 11 is 0. The lowest BCUT2D eigenvalue weighted by molar-refractivity contribution is -0.670. The molecule has 2 heterocycles. The Bertz CT molecular complexity index is 2090. The predicted molar refractivity (Wildman–Crippen MR) is 196 cm³/mol. The molecule has 0 N–H and O–H groups in total.